The Balaban J connectivity index is 1.61. The summed E-state index contributed by atoms with van der Waals surface area (Å²) in [5, 5.41) is 3.52. The highest BCUT2D eigenvalue weighted by Crippen LogP contribution is 2.28. The van der Waals surface area contributed by atoms with Crippen LogP contribution in [0.1, 0.15) is 36.5 Å². The molecule has 6 heteroatoms. The molecule has 2 heterocycles. The van der Waals surface area contributed by atoms with Gasteiger partial charge in [-0.1, -0.05) is 31.2 Å². The average Bonchev–Trinajstić information content (AvgIpc) is 3.36. The smallest absolute Gasteiger partial charge is 0.281 e. The van der Waals surface area contributed by atoms with Gasteiger partial charge < -0.3 is 10.1 Å². The minimum absolute atomic E-state index is 0.127. The standard InChI is InChI=1S/C24H27N3O2S/c1-3-18-8-4-5-9-21(18)27-23(28)20(25-24(27)30)15-17-10-11-22(29-2)19(14-17)16-26-12-6-7-13-26/h4-5,8-11,14-15H,3,6-7,12-13,16H2,1-2H3,(H,25,30)/b20-15+. The number of methoxy groups -OCH3 is 1. The minimum Gasteiger partial charge on any atom is -0.496 e. The number of hydrogen-bond donors (Lipinski definition) is 1. The summed E-state index contributed by atoms with van der Waals surface area (Å²) >= 11 is 5.49. The molecule has 0 unspecified atom stereocenters. The van der Waals surface area contributed by atoms with Crippen LogP contribution in [0.3, 0.4) is 0 Å². The van der Waals surface area contributed by atoms with Gasteiger partial charge in [0.1, 0.15) is 11.4 Å². The third-order valence-corrected chi connectivity index (χ3v) is 5.98. The topological polar surface area (TPSA) is 44.8 Å². The number of carbonyl (C=O) groups excluding carboxylic acids is 1. The van der Waals surface area contributed by atoms with E-state index in [1.807, 2.05) is 42.5 Å². The summed E-state index contributed by atoms with van der Waals surface area (Å²) in [4.78, 5) is 17.2. The van der Waals surface area contributed by atoms with E-state index in [9.17, 15) is 4.79 Å². The third kappa shape index (κ3) is 4.11. The van der Waals surface area contributed by atoms with Crippen LogP contribution in [-0.2, 0) is 17.8 Å². The fraction of sp³-hybridized carbons (Fsp3) is 0.333. The van der Waals surface area contributed by atoms with Crippen molar-refractivity contribution in [3.8, 4) is 5.75 Å². The van der Waals surface area contributed by atoms with Crippen molar-refractivity contribution >= 4 is 35.0 Å². The van der Waals surface area contributed by atoms with Crippen LogP contribution in [-0.4, -0.2) is 36.1 Å². The van der Waals surface area contributed by atoms with Crippen LogP contribution in [0.4, 0.5) is 5.69 Å². The maximum atomic E-state index is 13.2. The molecule has 0 aromatic heterocycles. The molecule has 1 N–H and O–H groups in total. The molecule has 4 rings (SSSR count). The molecular formula is C24H27N3O2S. The highest BCUT2D eigenvalue weighted by atomic mass is 32.1. The lowest BCUT2D eigenvalue weighted by Crippen LogP contribution is -2.31. The first-order valence-corrected chi connectivity index (χ1v) is 10.9. The van der Waals surface area contributed by atoms with Crippen molar-refractivity contribution in [2.24, 2.45) is 0 Å². The van der Waals surface area contributed by atoms with Gasteiger partial charge in [-0.3, -0.25) is 14.6 Å². The number of nitrogens with one attached hydrogen (secondary N) is 1. The molecule has 0 bridgehead atoms. The molecule has 0 saturated carbocycles. The van der Waals surface area contributed by atoms with Gasteiger partial charge in [0, 0.05) is 12.1 Å². The zero-order valence-corrected chi connectivity index (χ0v) is 18.3. The van der Waals surface area contributed by atoms with Crippen molar-refractivity contribution in [2.45, 2.75) is 32.7 Å². The number of ether oxygens (including phenoxy) is 1. The maximum absolute atomic E-state index is 13.2. The molecule has 0 aliphatic carbocycles. The van der Waals surface area contributed by atoms with Gasteiger partial charge in [0.25, 0.3) is 5.91 Å². The lowest BCUT2D eigenvalue weighted by Gasteiger charge is -2.17. The molecule has 2 fully saturated rings. The Morgan fingerprint density at radius 2 is 1.90 bits per heavy atom. The predicted octanol–water partition coefficient (Wildman–Crippen LogP) is 4.12. The number of benzene rings is 2. The minimum atomic E-state index is -0.127. The van der Waals surface area contributed by atoms with E-state index in [1.54, 1.807) is 12.0 Å². The van der Waals surface area contributed by atoms with E-state index < -0.39 is 0 Å². The first-order valence-electron chi connectivity index (χ1n) is 10.4. The Hall–Kier alpha value is -2.70. The van der Waals surface area contributed by atoms with Gasteiger partial charge in [-0.2, -0.15) is 0 Å². The second-order valence-corrected chi connectivity index (χ2v) is 8.05. The Morgan fingerprint density at radius 1 is 1.13 bits per heavy atom. The quantitative estimate of drug-likeness (QED) is 0.562. The summed E-state index contributed by atoms with van der Waals surface area (Å²) in [5.74, 6) is 0.751. The number of likely N-dealkylation sites (tertiary alicyclic amines) is 1. The van der Waals surface area contributed by atoms with E-state index in [-0.39, 0.29) is 5.91 Å². The van der Waals surface area contributed by atoms with Crippen molar-refractivity contribution in [2.75, 3.05) is 25.1 Å². The van der Waals surface area contributed by atoms with Crippen molar-refractivity contribution < 1.29 is 9.53 Å². The highest BCUT2D eigenvalue weighted by molar-refractivity contribution is 7.80. The molecule has 2 aromatic rings. The summed E-state index contributed by atoms with van der Waals surface area (Å²) in [6.07, 6.45) is 5.20. The van der Waals surface area contributed by atoms with Gasteiger partial charge in [-0.25, -0.2) is 0 Å². The maximum Gasteiger partial charge on any atom is 0.281 e. The fourth-order valence-corrected chi connectivity index (χ4v) is 4.43. The largest absolute Gasteiger partial charge is 0.496 e. The van der Waals surface area contributed by atoms with E-state index in [2.05, 4.69) is 23.2 Å². The molecule has 2 aliphatic rings. The van der Waals surface area contributed by atoms with Crippen LogP contribution in [0.15, 0.2) is 48.2 Å². The van der Waals surface area contributed by atoms with Gasteiger partial charge in [0.15, 0.2) is 5.11 Å². The van der Waals surface area contributed by atoms with Gasteiger partial charge in [-0.15, -0.1) is 0 Å². The monoisotopic (exact) mass is 421 g/mol. The molecule has 1 amide bonds. The van der Waals surface area contributed by atoms with Crippen molar-refractivity contribution in [3.05, 3.63) is 64.9 Å². The molecule has 2 aromatic carbocycles. The first kappa shape index (κ1) is 20.6. The summed E-state index contributed by atoms with van der Waals surface area (Å²) in [7, 11) is 1.70. The van der Waals surface area contributed by atoms with Crippen LogP contribution < -0.4 is 15.0 Å². The first-order chi connectivity index (χ1) is 14.6. The Morgan fingerprint density at radius 3 is 2.63 bits per heavy atom. The number of carbonyl (C=O) groups is 1. The Labute approximate surface area is 183 Å². The molecule has 2 saturated heterocycles. The predicted molar refractivity (Wildman–Crippen MR) is 125 cm³/mol. The third-order valence-electron chi connectivity index (χ3n) is 5.70. The van der Waals surface area contributed by atoms with Gasteiger partial charge >= 0.3 is 0 Å². The van der Waals surface area contributed by atoms with Crippen LogP contribution in [0.5, 0.6) is 5.75 Å². The lowest BCUT2D eigenvalue weighted by atomic mass is 10.1. The number of amides is 1. The van der Waals surface area contributed by atoms with E-state index in [1.165, 1.54) is 12.8 Å². The Kier molecular flexibility index (Phi) is 6.16. The van der Waals surface area contributed by atoms with Gasteiger partial charge in [0.05, 0.1) is 12.8 Å². The summed E-state index contributed by atoms with van der Waals surface area (Å²) in [6, 6.07) is 13.9. The molecule has 30 heavy (non-hydrogen) atoms. The normalized spacial score (nSPS) is 18.3. The Bertz CT molecular complexity index is 996. The van der Waals surface area contributed by atoms with E-state index in [0.717, 1.165) is 54.2 Å². The number of thiocarbonyl (C=S) groups is 1. The van der Waals surface area contributed by atoms with E-state index >= 15 is 0 Å². The molecule has 0 atom stereocenters. The number of anilines is 1. The SMILES string of the molecule is CCc1ccccc1N1C(=O)/C(=C\c2ccc(OC)c(CN3CCCC3)c2)NC1=S. The number of rotatable bonds is 6. The second kappa shape index (κ2) is 8.98. The van der Waals surface area contributed by atoms with Crippen LogP contribution >= 0.6 is 12.2 Å². The molecule has 2 aliphatic heterocycles. The number of nitrogens with zero attached hydrogens (tertiary/aromatic N) is 2. The van der Waals surface area contributed by atoms with E-state index in [4.69, 9.17) is 17.0 Å². The second-order valence-electron chi connectivity index (χ2n) is 7.67. The number of hydrogen-bond acceptors (Lipinski definition) is 4. The van der Waals surface area contributed by atoms with Crippen molar-refractivity contribution in [1.82, 2.24) is 10.2 Å². The van der Waals surface area contributed by atoms with Crippen LogP contribution in [0, 0.1) is 0 Å². The van der Waals surface area contributed by atoms with Crippen molar-refractivity contribution in [1.29, 1.82) is 0 Å². The number of para-hydroxylation sites is 1. The zero-order chi connectivity index (χ0) is 21.1. The van der Waals surface area contributed by atoms with Crippen LogP contribution in [0.25, 0.3) is 6.08 Å². The van der Waals surface area contributed by atoms with Crippen molar-refractivity contribution in [3.63, 3.8) is 0 Å². The molecule has 0 radical (unpaired) electrons. The summed E-state index contributed by atoms with van der Waals surface area (Å²) < 4.78 is 5.56. The lowest BCUT2D eigenvalue weighted by molar-refractivity contribution is -0.113. The number of aryl methyl sites for hydroxylation is 1. The fourth-order valence-electron chi connectivity index (χ4n) is 4.14. The summed E-state index contributed by atoms with van der Waals surface area (Å²) in [6.45, 7) is 5.17. The zero-order valence-electron chi connectivity index (χ0n) is 17.5. The molecular weight excluding hydrogens is 394 g/mol. The van der Waals surface area contributed by atoms with Gasteiger partial charge in [-0.05, 0) is 80.0 Å². The highest BCUT2D eigenvalue weighted by Gasteiger charge is 2.33. The molecule has 5 nitrogen and oxygen atoms in total. The summed E-state index contributed by atoms with van der Waals surface area (Å²) in [5.41, 5.74) is 4.51. The molecule has 156 valence electrons. The van der Waals surface area contributed by atoms with Gasteiger partial charge in [0.2, 0.25) is 0 Å². The van der Waals surface area contributed by atoms with E-state index in [0.29, 0.717) is 10.8 Å². The molecule has 0 spiro atoms. The average molecular weight is 422 g/mol. The van der Waals surface area contributed by atoms with Crippen LogP contribution in [0.2, 0.25) is 0 Å².